The average molecular weight is 361 g/mol. The summed E-state index contributed by atoms with van der Waals surface area (Å²) in [4.78, 5) is 43.1. The molecule has 0 N–H and O–H groups in total. The molecule has 1 aromatic carbocycles. The summed E-state index contributed by atoms with van der Waals surface area (Å²) in [6.45, 7) is 0.910. The fourth-order valence-electron chi connectivity index (χ4n) is 2.95. The molecule has 0 spiro atoms. The fraction of sp³-hybridized carbons (Fsp3) is 0.375. The van der Waals surface area contributed by atoms with Gasteiger partial charge in [-0.05, 0) is 12.1 Å². The molecule has 2 aliphatic heterocycles. The first kappa shape index (κ1) is 15.6. The van der Waals surface area contributed by atoms with Crippen molar-refractivity contribution in [3.8, 4) is 0 Å². The molecule has 0 saturated carbocycles. The number of benzene rings is 1. The van der Waals surface area contributed by atoms with Crippen molar-refractivity contribution in [3.05, 3.63) is 24.3 Å². The highest BCUT2D eigenvalue weighted by atomic mass is 32.2. The molecule has 2 fully saturated rings. The Balaban J connectivity index is 1.30. The molecule has 6 nitrogen and oxygen atoms in total. The second-order valence-corrected chi connectivity index (χ2v) is 8.10. The number of nitrogens with zero attached hydrogens (tertiary/aromatic N) is 3. The van der Waals surface area contributed by atoms with Gasteiger partial charge in [0.25, 0.3) is 0 Å². The lowest BCUT2D eigenvalue weighted by Crippen LogP contribution is -2.62. The Morgan fingerprint density at radius 3 is 2.62 bits per heavy atom. The molecule has 0 atom stereocenters. The maximum absolute atomic E-state index is 12.2. The molecule has 124 valence electrons. The summed E-state index contributed by atoms with van der Waals surface area (Å²) in [5.41, 5.74) is 0.951. The number of hydrogen-bond acceptors (Lipinski definition) is 6. The fourth-order valence-corrected chi connectivity index (χ4v) is 4.92. The molecule has 2 saturated heterocycles. The van der Waals surface area contributed by atoms with Crippen LogP contribution in [-0.4, -0.2) is 57.4 Å². The number of fused-ring (bicyclic) bond motifs is 1. The number of rotatable bonds is 4. The molecule has 2 aliphatic rings. The smallest absolute Gasteiger partial charge is 0.233 e. The molecule has 2 aromatic rings. The third-order valence-corrected chi connectivity index (χ3v) is 6.43. The third-order valence-electron chi connectivity index (χ3n) is 4.26. The van der Waals surface area contributed by atoms with E-state index in [1.54, 1.807) is 16.2 Å². The standard InChI is InChI=1S/C16H15N3O3S2/c20-13-5-6-14(21)19(13)10-7-18(8-10)15(22)9-23-16-17-11-3-1-2-4-12(11)24-16/h1-4,10H,5-9H2. The highest BCUT2D eigenvalue weighted by Crippen LogP contribution is 2.30. The van der Waals surface area contributed by atoms with Crippen molar-refractivity contribution in [1.82, 2.24) is 14.8 Å². The van der Waals surface area contributed by atoms with Gasteiger partial charge in [-0.1, -0.05) is 23.9 Å². The lowest BCUT2D eigenvalue weighted by molar-refractivity contribution is -0.150. The number of carbonyl (C=O) groups excluding carboxylic acids is 3. The van der Waals surface area contributed by atoms with Crippen molar-refractivity contribution in [1.29, 1.82) is 0 Å². The van der Waals surface area contributed by atoms with Crippen molar-refractivity contribution in [2.24, 2.45) is 0 Å². The summed E-state index contributed by atoms with van der Waals surface area (Å²) in [5, 5.41) is 0. The van der Waals surface area contributed by atoms with Crippen molar-refractivity contribution in [2.45, 2.75) is 23.2 Å². The Kier molecular flexibility index (Phi) is 4.01. The molecule has 4 rings (SSSR count). The number of hydrogen-bond donors (Lipinski definition) is 0. The SMILES string of the molecule is O=C(CSc1nc2ccccc2s1)N1CC(N2C(=O)CCC2=O)C1. The topological polar surface area (TPSA) is 70.6 Å². The molecule has 3 amide bonds. The first-order valence-corrected chi connectivity index (χ1v) is 9.53. The van der Waals surface area contributed by atoms with Gasteiger partial charge in [-0.25, -0.2) is 4.98 Å². The van der Waals surface area contributed by atoms with Crippen LogP contribution >= 0.6 is 23.1 Å². The van der Waals surface area contributed by atoms with E-state index in [9.17, 15) is 14.4 Å². The molecule has 8 heteroatoms. The van der Waals surface area contributed by atoms with Crippen LogP contribution in [0.3, 0.4) is 0 Å². The molecular formula is C16H15N3O3S2. The van der Waals surface area contributed by atoms with Gasteiger partial charge < -0.3 is 4.90 Å². The van der Waals surface area contributed by atoms with Gasteiger partial charge in [0.05, 0.1) is 22.0 Å². The van der Waals surface area contributed by atoms with E-state index in [-0.39, 0.29) is 23.8 Å². The van der Waals surface area contributed by atoms with Gasteiger partial charge in [0.1, 0.15) is 0 Å². The predicted octanol–water partition coefficient (Wildman–Crippen LogP) is 1.75. The zero-order valence-corrected chi connectivity index (χ0v) is 14.4. The van der Waals surface area contributed by atoms with Crippen LogP contribution in [-0.2, 0) is 14.4 Å². The molecular weight excluding hydrogens is 346 g/mol. The van der Waals surface area contributed by atoms with Gasteiger partial charge in [-0.15, -0.1) is 11.3 Å². The van der Waals surface area contributed by atoms with E-state index in [4.69, 9.17) is 0 Å². The van der Waals surface area contributed by atoms with Gasteiger partial charge in [0.2, 0.25) is 17.7 Å². The van der Waals surface area contributed by atoms with Crippen LogP contribution in [0.1, 0.15) is 12.8 Å². The highest BCUT2D eigenvalue weighted by molar-refractivity contribution is 8.01. The quantitative estimate of drug-likeness (QED) is 0.613. The van der Waals surface area contributed by atoms with Crippen molar-refractivity contribution >= 4 is 51.0 Å². The second kappa shape index (κ2) is 6.18. The van der Waals surface area contributed by atoms with Crippen LogP contribution in [0.4, 0.5) is 0 Å². The first-order chi connectivity index (χ1) is 11.6. The summed E-state index contributed by atoms with van der Waals surface area (Å²) >= 11 is 3.02. The largest absolute Gasteiger partial charge is 0.338 e. The summed E-state index contributed by atoms with van der Waals surface area (Å²) < 4.78 is 1.99. The van der Waals surface area contributed by atoms with Crippen LogP contribution in [0.15, 0.2) is 28.6 Å². The maximum Gasteiger partial charge on any atom is 0.233 e. The van der Waals surface area contributed by atoms with Crippen LogP contribution in [0.25, 0.3) is 10.2 Å². The van der Waals surface area contributed by atoms with Gasteiger partial charge >= 0.3 is 0 Å². The monoisotopic (exact) mass is 361 g/mol. The van der Waals surface area contributed by atoms with Crippen LogP contribution in [0, 0.1) is 0 Å². The summed E-state index contributed by atoms with van der Waals surface area (Å²) in [6, 6.07) is 7.76. The molecule has 1 aromatic heterocycles. The van der Waals surface area contributed by atoms with Crippen LogP contribution in [0.5, 0.6) is 0 Å². The molecule has 0 aliphatic carbocycles. The predicted molar refractivity (Wildman–Crippen MR) is 91.8 cm³/mol. The molecule has 0 radical (unpaired) electrons. The van der Waals surface area contributed by atoms with Crippen molar-refractivity contribution < 1.29 is 14.4 Å². The van der Waals surface area contributed by atoms with E-state index in [2.05, 4.69) is 4.98 Å². The number of imide groups is 1. The Bertz CT molecular complexity index is 780. The highest BCUT2D eigenvalue weighted by Gasteiger charge is 2.42. The number of para-hydroxylation sites is 1. The van der Waals surface area contributed by atoms with Gasteiger partial charge in [0.15, 0.2) is 4.34 Å². The number of thioether (sulfide) groups is 1. The zero-order valence-electron chi connectivity index (χ0n) is 12.8. The van der Waals surface area contributed by atoms with Crippen molar-refractivity contribution in [3.63, 3.8) is 0 Å². The zero-order chi connectivity index (χ0) is 16.7. The van der Waals surface area contributed by atoms with E-state index in [1.807, 2.05) is 24.3 Å². The summed E-state index contributed by atoms with van der Waals surface area (Å²) in [5.74, 6) is 0.130. The average Bonchev–Trinajstić information content (AvgIpc) is 3.09. The number of amides is 3. The molecule has 0 unspecified atom stereocenters. The van der Waals surface area contributed by atoms with Crippen LogP contribution < -0.4 is 0 Å². The first-order valence-electron chi connectivity index (χ1n) is 7.73. The van der Waals surface area contributed by atoms with E-state index in [0.29, 0.717) is 31.7 Å². The van der Waals surface area contributed by atoms with E-state index >= 15 is 0 Å². The Hall–Kier alpha value is -1.93. The molecule has 3 heterocycles. The minimum atomic E-state index is -0.135. The van der Waals surface area contributed by atoms with Crippen LogP contribution in [0.2, 0.25) is 0 Å². The Labute approximate surface area is 146 Å². The van der Waals surface area contributed by atoms with E-state index in [1.165, 1.54) is 16.7 Å². The normalized spacial score (nSPS) is 18.5. The number of carbonyl (C=O) groups is 3. The molecule has 24 heavy (non-hydrogen) atoms. The summed E-state index contributed by atoms with van der Waals surface area (Å²) in [6.07, 6.45) is 0.605. The van der Waals surface area contributed by atoms with Crippen molar-refractivity contribution in [2.75, 3.05) is 18.8 Å². The number of aromatic nitrogens is 1. The number of thiazole rings is 1. The van der Waals surface area contributed by atoms with Gasteiger partial charge in [-0.3, -0.25) is 19.3 Å². The Morgan fingerprint density at radius 2 is 1.92 bits per heavy atom. The second-order valence-electron chi connectivity index (χ2n) is 5.85. The maximum atomic E-state index is 12.2. The lowest BCUT2D eigenvalue weighted by atomic mass is 10.1. The van der Waals surface area contributed by atoms with Gasteiger partial charge in [-0.2, -0.15) is 0 Å². The minimum absolute atomic E-state index is 0.0228. The van der Waals surface area contributed by atoms with E-state index < -0.39 is 0 Å². The van der Waals surface area contributed by atoms with Gasteiger partial charge in [0, 0.05) is 25.9 Å². The minimum Gasteiger partial charge on any atom is -0.338 e. The molecule has 0 bridgehead atoms. The number of likely N-dealkylation sites (tertiary alicyclic amines) is 2. The Morgan fingerprint density at radius 1 is 1.21 bits per heavy atom. The lowest BCUT2D eigenvalue weighted by Gasteiger charge is -2.42. The summed E-state index contributed by atoms with van der Waals surface area (Å²) in [7, 11) is 0. The third kappa shape index (κ3) is 2.80. The van der Waals surface area contributed by atoms with E-state index in [0.717, 1.165) is 14.6 Å².